The number of aliphatic hydroxyl groups is 1. The first-order valence-corrected chi connectivity index (χ1v) is 11.7. The standard InChI is InChI=1S/C26H24F2N6O/c1-25(2)17-6-10-26(25,21-7-11-29-24(30-21)34-12-8-15(33-34)9-13-35)23-16(17)14-20(31-32-23)22-18(27)4-3-5-19(22)28/h3-5,7-8,11-12,14,17,35H,6,9-10,13H2,1-2H3/t17-,26-/m0/s1. The first-order chi connectivity index (χ1) is 16.9. The smallest absolute Gasteiger partial charge is 0.250 e. The highest BCUT2D eigenvalue weighted by Gasteiger charge is 2.65. The third-order valence-corrected chi connectivity index (χ3v) is 7.90. The molecule has 9 heteroatoms. The Morgan fingerprint density at radius 1 is 1.11 bits per heavy atom. The van der Waals surface area contributed by atoms with Gasteiger partial charge in [-0.3, -0.25) is 0 Å². The van der Waals surface area contributed by atoms with Gasteiger partial charge in [0.2, 0.25) is 0 Å². The van der Waals surface area contributed by atoms with Crippen LogP contribution >= 0.6 is 0 Å². The molecular weight excluding hydrogens is 450 g/mol. The molecule has 0 aliphatic heterocycles. The van der Waals surface area contributed by atoms with E-state index in [-0.39, 0.29) is 29.2 Å². The molecule has 4 aromatic rings. The molecule has 7 nitrogen and oxygen atoms in total. The van der Waals surface area contributed by atoms with Gasteiger partial charge in [-0.25, -0.2) is 23.4 Å². The molecule has 2 aliphatic carbocycles. The predicted octanol–water partition coefficient (Wildman–Crippen LogP) is 4.14. The predicted molar refractivity (Wildman–Crippen MR) is 124 cm³/mol. The van der Waals surface area contributed by atoms with Gasteiger partial charge in [0.25, 0.3) is 5.95 Å². The molecule has 1 aromatic carbocycles. The highest BCUT2D eigenvalue weighted by atomic mass is 19.1. The number of nitrogens with zero attached hydrogens (tertiary/aromatic N) is 6. The van der Waals surface area contributed by atoms with E-state index in [0.29, 0.717) is 12.4 Å². The highest BCUT2D eigenvalue weighted by molar-refractivity contribution is 5.64. The van der Waals surface area contributed by atoms with Crippen molar-refractivity contribution in [3.63, 3.8) is 0 Å². The Balaban J connectivity index is 1.48. The second kappa shape index (κ2) is 7.71. The molecule has 2 atom stereocenters. The number of aromatic nitrogens is 6. The Labute approximate surface area is 200 Å². The average molecular weight is 475 g/mol. The van der Waals surface area contributed by atoms with Gasteiger partial charge in [-0.1, -0.05) is 19.9 Å². The molecule has 2 aliphatic rings. The normalized spacial score (nSPS) is 21.9. The van der Waals surface area contributed by atoms with Gasteiger partial charge in [0.05, 0.1) is 33.8 Å². The van der Waals surface area contributed by atoms with Crippen molar-refractivity contribution >= 4 is 0 Å². The lowest BCUT2D eigenvalue weighted by Gasteiger charge is -2.37. The summed E-state index contributed by atoms with van der Waals surface area (Å²) >= 11 is 0. The molecule has 3 heterocycles. The van der Waals surface area contributed by atoms with E-state index in [1.54, 1.807) is 23.1 Å². The van der Waals surface area contributed by atoms with Crippen LogP contribution in [0.1, 0.15) is 55.3 Å². The Bertz CT molecular complexity index is 1430. The number of halogens is 2. The SMILES string of the molecule is CC1(C)[C@H]2CC[C@]1(c1ccnc(-n3ccc(CCO)n3)n1)c1nnc(-c3c(F)cccc3F)cc12. The maximum absolute atomic E-state index is 14.5. The maximum atomic E-state index is 14.5. The fourth-order valence-electron chi connectivity index (χ4n) is 6.17. The van der Waals surface area contributed by atoms with Gasteiger partial charge in [-0.05, 0) is 60.1 Å². The molecule has 6 rings (SSSR count). The van der Waals surface area contributed by atoms with Crippen LogP contribution in [0, 0.1) is 17.0 Å². The van der Waals surface area contributed by atoms with Crippen molar-refractivity contribution in [3.8, 4) is 17.2 Å². The molecule has 1 saturated carbocycles. The van der Waals surface area contributed by atoms with Gasteiger partial charge in [-0.2, -0.15) is 10.2 Å². The summed E-state index contributed by atoms with van der Waals surface area (Å²) in [5, 5.41) is 22.5. The first kappa shape index (κ1) is 21.9. The maximum Gasteiger partial charge on any atom is 0.250 e. The van der Waals surface area contributed by atoms with Crippen molar-refractivity contribution in [2.24, 2.45) is 5.41 Å². The minimum absolute atomic E-state index is 0.0187. The lowest BCUT2D eigenvalue weighted by Crippen LogP contribution is -2.38. The molecule has 2 bridgehead atoms. The van der Waals surface area contributed by atoms with E-state index in [9.17, 15) is 13.9 Å². The van der Waals surface area contributed by atoms with Crippen LogP contribution in [0.15, 0.2) is 48.8 Å². The quantitative estimate of drug-likeness (QED) is 0.468. The van der Waals surface area contributed by atoms with Gasteiger partial charge < -0.3 is 5.11 Å². The van der Waals surface area contributed by atoms with Crippen LogP contribution in [0.4, 0.5) is 8.78 Å². The largest absolute Gasteiger partial charge is 0.396 e. The molecule has 0 spiro atoms. The van der Waals surface area contributed by atoms with Crippen LogP contribution in [0.3, 0.4) is 0 Å². The molecule has 0 saturated heterocycles. The van der Waals surface area contributed by atoms with Crippen LogP contribution in [-0.4, -0.2) is 41.7 Å². The monoisotopic (exact) mass is 474 g/mol. The number of rotatable bonds is 5. The summed E-state index contributed by atoms with van der Waals surface area (Å²) < 4.78 is 30.6. The molecule has 35 heavy (non-hydrogen) atoms. The van der Waals surface area contributed by atoms with E-state index in [1.165, 1.54) is 18.2 Å². The Hall–Kier alpha value is -3.59. The number of benzene rings is 1. The Kier molecular flexibility index (Phi) is 4.83. The average Bonchev–Trinajstić information content (AvgIpc) is 3.47. The summed E-state index contributed by atoms with van der Waals surface area (Å²) in [6, 6.07) is 9.35. The van der Waals surface area contributed by atoms with Crippen molar-refractivity contribution < 1.29 is 13.9 Å². The summed E-state index contributed by atoms with van der Waals surface area (Å²) in [6.07, 6.45) is 5.71. The molecule has 1 fully saturated rings. The summed E-state index contributed by atoms with van der Waals surface area (Å²) in [5.41, 5.74) is 2.66. The molecule has 0 unspecified atom stereocenters. The van der Waals surface area contributed by atoms with E-state index in [0.717, 1.165) is 35.5 Å². The molecular formula is C26H24F2N6O. The molecule has 0 amide bonds. The van der Waals surface area contributed by atoms with Gasteiger partial charge >= 0.3 is 0 Å². The van der Waals surface area contributed by atoms with Crippen LogP contribution in [0.5, 0.6) is 0 Å². The van der Waals surface area contributed by atoms with E-state index in [2.05, 4.69) is 34.1 Å². The fourth-order valence-corrected chi connectivity index (χ4v) is 6.17. The number of fused-ring (bicyclic) bond motifs is 5. The van der Waals surface area contributed by atoms with E-state index >= 15 is 0 Å². The van der Waals surface area contributed by atoms with Gasteiger partial charge in [0.15, 0.2) is 0 Å². The Morgan fingerprint density at radius 3 is 2.69 bits per heavy atom. The first-order valence-electron chi connectivity index (χ1n) is 11.7. The minimum Gasteiger partial charge on any atom is -0.396 e. The zero-order valence-corrected chi connectivity index (χ0v) is 19.4. The highest BCUT2D eigenvalue weighted by Crippen LogP contribution is 2.69. The molecule has 178 valence electrons. The summed E-state index contributed by atoms with van der Waals surface area (Å²) in [6.45, 7) is 4.42. The fraction of sp³-hybridized carbons (Fsp3) is 0.346. The van der Waals surface area contributed by atoms with Gasteiger partial charge in [0.1, 0.15) is 11.6 Å². The van der Waals surface area contributed by atoms with Crippen molar-refractivity contribution in [1.29, 1.82) is 0 Å². The zero-order chi connectivity index (χ0) is 24.4. The van der Waals surface area contributed by atoms with Gasteiger partial charge in [-0.15, -0.1) is 5.10 Å². The van der Waals surface area contributed by atoms with E-state index in [4.69, 9.17) is 4.98 Å². The van der Waals surface area contributed by atoms with Gasteiger partial charge in [0, 0.05) is 25.4 Å². The van der Waals surface area contributed by atoms with E-state index < -0.39 is 17.0 Å². The van der Waals surface area contributed by atoms with Crippen LogP contribution in [-0.2, 0) is 11.8 Å². The lowest BCUT2D eigenvalue weighted by molar-refractivity contribution is 0.242. The number of hydrogen-bond acceptors (Lipinski definition) is 6. The lowest BCUT2D eigenvalue weighted by atomic mass is 9.66. The van der Waals surface area contributed by atoms with Crippen LogP contribution in [0.25, 0.3) is 17.2 Å². The summed E-state index contributed by atoms with van der Waals surface area (Å²) in [5.74, 6) is -0.721. The third-order valence-electron chi connectivity index (χ3n) is 7.90. The molecule has 1 N–H and O–H groups in total. The topological polar surface area (TPSA) is 89.6 Å². The second-order valence-electron chi connectivity index (χ2n) is 9.82. The van der Waals surface area contributed by atoms with E-state index in [1.807, 2.05) is 12.1 Å². The number of hydrogen-bond donors (Lipinski definition) is 1. The van der Waals surface area contributed by atoms with Crippen molar-refractivity contribution in [1.82, 2.24) is 29.9 Å². The molecule has 3 aromatic heterocycles. The zero-order valence-electron chi connectivity index (χ0n) is 19.4. The van der Waals surface area contributed by atoms with Crippen molar-refractivity contribution in [3.05, 3.63) is 83.1 Å². The summed E-state index contributed by atoms with van der Waals surface area (Å²) in [7, 11) is 0. The number of aliphatic hydroxyl groups excluding tert-OH is 1. The van der Waals surface area contributed by atoms with Crippen LogP contribution < -0.4 is 0 Å². The third kappa shape index (κ3) is 3.00. The minimum atomic E-state index is -0.656. The molecule has 0 radical (unpaired) electrons. The van der Waals surface area contributed by atoms with Crippen LogP contribution in [0.2, 0.25) is 0 Å². The summed E-state index contributed by atoms with van der Waals surface area (Å²) in [4.78, 5) is 9.33. The van der Waals surface area contributed by atoms with Crippen molar-refractivity contribution in [2.45, 2.75) is 44.4 Å². The Morgan fingerprint density at radius 2 is 1.91 bits per heavy atom. The van der Waals surface area contributed by atoms with Crippen molar-refractivity contribution in [2.75, 3.05) is 6.61 Å². The second-order valence-corrected chi connectivity index (χ2v) is 9.82.